The Hall–Kier alpha value is 0.519. The molecule has 1 unspecified atom stereocenters. The molecule has 0 fully saturated rings. The molecule has 0 aromatic carbocycles. The van der Waals surface area contributed by atoms with Crippen LogP contribution >= 0.6 is 0 Å². The van der Waals surface area contributed by atoms with E-state index in [4.69, 9.17) is 0 Å². The fraction of sp³-hybridized carbons (Fsp3) is 1.00. The molecule has 0 aliphatic heterocycles. The molecule has 6 heavy (non-hydrogen) atoms. The van der Waals surface area contributed by atoms with E-state index in [-0.39, 0.29) is 0 Å². The summed E-state index contributed by atoms with van der Waals surface area (Å²) in [6, 6.07) is 0. The van der Waals surface area contributed by atoms with Gasteiger partial charge < -0.3 is 0 Å². The summed E-state index contributed by atoms with van der Waals surface area (Å²) in [5, 5.41) is 0. The summed E-state index contributed by atoms with van der Waals surface area (Å²) in [5.74, 6) is 0. The predicted molar refractivity (Wildman–Crippen MR) is 31.5 cm³/mol. The van der Waals surface area contributed by atoms with Crippen molar-refractivity contribution in [1.82, 2.24) is 0 Å². The van der Waals surface area contributed by atoms with Gasteiger partial charge in [-0.15, -0.1) is 0 Å². The van der Waals surface area contributed by atoms with Gasteiger partial charge in [-0.05, 0) is 0 Å². The standard InChI is InChI=1S/C5H12Se/c1-3-4-5(2)6/h5-6H,3-4H2,1-2H3. The van der Waals surface area contributed by atoms with E-state index in [9.17, 15) is 0 Å². The van der Waals surface area contributed by atoms with Gasteiger partial charge in [-0.2, -0.15) is 0 Å². The Balaban J connectivity index is 2.63. The number of rotatable bonds is 2. The first-order valence-electron chi connectivity index (χ1n) is 2.45. The summed E-state index contributed by atoms with van der Waals surface area (Å²) >= 11 is 2.65. The minimum absolute atomic E-state index is 0.836. The van der Waals surface area contributed by atoms with E-state index in [1.54, 1.807) is 0 Å². The third-order valence-corrected chi connectivity index (χ3v) is 1.25. The molecule has 0 N–H and O–H groups in total. The fourth-order valence-corrected chi connectivity index (χ4v) is 0.959. The summed E-state index contributed by atoms with van der Waals surface area (Å²) in [5.41, 5.74) is 0. The molecule has 1 heteroatoms. The van der Waals surface area contributed by atoms with Crippen LogP contribution in [-0.2, 0) is 0 Å². The molecule has 0 aromatic heterocycles. The van der Waals surface area contributed by atoms with Crippen molar-refractivity contribution in [3.05, 3.63) is 0 Å². The van der Waals surface area contributed by atoms with Gasteiger partial charge >= 0.3 is 47.5 Å². The molecule has 1 atom stereocenters. The normalized spacial score (nSPS) is 14.5. The van der Waals surface area contributed by atoms with Crippen LogP contribution in [0.4, 0.5) is 0 Å². The molecule has 0 saturated heterocycles. The zero-order valence-electron chi connectivity index (χ0n) is 4.44. The molecule has 0 amide bonds. The van der Waals surface area contributed by atoms with Crippen LogP contribution < -0.4 is 0 Å². The van der Waals surface area contributed by atoms with Gasteiger partial charge in [0.25, 0.3) is 0 Å². The number of hydrogen-bond acceptors (Lipinski definition) is 0. The molecule has 0 rings (SSSR count). The molecule has 0 aliphatic rings. The van der Waals surface area contributed by atoms with Crippen molar-refractivity contribution in [1.29, 1.82) is 0 Å². The van der Waals surface area contributed by atoms with E-state index < -0.39 is 0 Å². The van der Waals surface area contributed by atoms with Gasteiger partial charge in [0.15, 0.2) is 0 Å². The Kier molecular flexibility index (Phi) is 4.02. The summed E-state index contributed by atoms with van der Waals surface area (Å²) in [4.78, 5) is 0.836. The van der Waals surface area contributed by atoms with Crippen LogP contribution in [0.5, 0.6) is 0 Å². The average Bonchev–Trinajstić information content (AvgIpc) is 1.35. The second-order valence-corrected chi connectivity index (χ2v) is 3.49. The molecule has 0 saturated carbocycles. The van der Waals surface area contributed by atoms with E-state index in [0.717, 1.165) is 4.82 Å². The molecular weight excluding hydrogens is 139 g/mol. The predicted octanol–water partition coefficient (Wildman–Crippen LogP) is 1.50. The zero-order valence-corrected chi connectivity index (χ0v) is 6.32. The SMILES string of the molecule is CCCC(C)[SeH]. The summed E-state index contributed by atoms with van der Waals surface area (Å²) < 4.78 is 0. The molecular formula is C5H12Se. The van der Waals surface area contributed by atoms with Gasteiger partial charge in [0, 0.05) is 0 Å². The van der Waals surface area contributed by atoms with Gasteiger partial charge in [0.2, 0.25) is 0 Å². The molecule has 38 valence electrons. The van der Waals surface area contributed by atoms with E-state index in [0.29, 0.717) is 0 Å². The maximum absolute atomic E-state index is 2.65. The first kappa shape index (κ1) is 6.52. The van der Waals surface area contributed by atoms with Gasteiger partial charge in [-0.1, -0.05) is 0 Å². The quantitative estimate of drug-likeness (QED) is 0.524. The second-order valence-electron chi connectivity index (χ2n) is 1.64. The van der Waals surface area contributed by atoms with Crippen molar-refractivity contribution in [2.45, 2.75) is 31.5 Å². The summed E-state index contributed by atoms with van der Waals surface area (Å²) in [7, 11) is 0. The summed E-state index contributed by atoms with van der Waals surface area (Å²) in [6.07, 6.45) is 2.66. The molecule has 0 nitrogen and oxygen atoms in total. The zero-order chi connectivity index (χ0) is 4.99. The van der Waals surface area contributed by atoms with Crippen molar-refractivity contribution in [2.75, 3.05) is 0 Å². The molecule has 0 radical (unpaired) electrons. The van der Waals surface area contributed by atoms with Crippen LogP contribution in [0.25, 0.3) is 0 Å². The van der Waals surface area contributed by atoms with Crippen molar-refractivity contribution in [2.24, 2.45) is 0 Å². The summed E-state index contributed by atoms with van der Waals surface area (Å²) in [6.45, 7) is 4.44. The van der Waals surface area contributed by atoms with E-state index in [1.807, 2.05) is 0 Å². The van der Waals surface area contributed by atoms with Crippen molar-refractivity contribution < 1.29 is 0 Å². The monoisotopic (exact) mass is 152 g/mol. The Morgan fingerprint density at radius 1 is 1.67 bits per heavy atom. The Morgan fingerprint density at radius 2 is 2.17 bits per heavy atom. The minimum atomic E-state index is 0.836. The first-order chi connectivity index (χ1) is 2.77. The Bertz CT molecular complexity index is 25.1. The molecule has 0 spiro atoms. The Labute approximate surface area is 48.1 Å². The average molecular weight is 151 g/mol. The van der Waals surface area contributed by atoms with Crippen molar-refractivity contribution >= 4 is 16.0 Å². The van der Waals surface area contributed by atoms with Crippen LogP contribution in [0.15, 0.2) is 0 Å². The number of hydrogen-bond donors (Lipinski definition) is 0. The van der Waals surface area contributed by atoms with E-state index in [2.05, 4.69) is 29.9 Å². The van der Waals surface area contributed by atoms with Crippen LogP contribution in [0.3, 0.4) is 0 Å². The molecule has 0 aliphatic carbocycles. The van der Waals surface area contributed by atoms with E-state index >= 15 is 0 Å². The van der Waals surface area contributed by atoms with Crippen LogP contribution in [0.2, 0.25) is 4.82 Å². The first-order valence-corrected chi connectivity index (χ1v) is 3.53. The maximum atomic E-state index is 2.65. The van der Waals surface area contributed by atoms with Crippen molar-refractivity contribution in [3.8, 4) is 0 Å². The van der Waals surface area contributed by atoms with Crippen LogP contribution in [0.1, 0.15) is 26.7 Å². The third-order valence-electron chi connectivity index (χ3n) is 0.706. The van der Waals surface area contributed by atoms with Crippen LogP contribution in [0, 0.1) is 0 Å². The molecule has 0 heterocycles. The third kappa shape index (κ3) is 4.52. The molecule has 0 aromatic rings. The van der Waals surface area contributed by atoms with Gasteiger partial charge in [0.1, 0.15) is 0 Å². The van der Waals surface area contributed by atoms with Crippen molar-refractivity contribution in [3.63, 3.8) is 0 Å². The van der Waals surface area contributed by atoms with Crippen LogP contribution in [-0.4, -0.2) is 16.0 Å². The second kappa shape index (κ2) is 3.70. The van der Waals surface area contributed by atoms with Gasteiger partial charge in [-0.3, -0.25) is 0 Å². The molecule has 0 bridgehead atoms. The van der Waals surface area contributed by atoms with Gasteiger partial charge in [-0.25, -0.2) is 0 Å². The topological polar surface area (TPSA) is 0 Å². The fourth-order valence-electron chi connectivity index (χ4n) is 0.418. The van der Waals surface area contributed by atoms with Gasteiger partial charge in [0.05, 0.1) is 0 Å². The Morgan fingerprint density at radius 3 is 2.17 bits per heavy atom. The van der Waals surface area contributed by atoms with E-state index in [1.165, 1.54) is 12.8 Å².